The Labute approximate surface area is 340 Å². The molecule has 4 aromatic carbocycles. The number of nitrogens with zero attached hydrogens (tertiary/aromatic N) is 6. The maximum atomic E-state index is 13.1. The van der Waals surface area contributed by atoms with Gasteiger partial charge in [-0.3, -0.25) is 0 Å². The van der Waals surface area contributed by atoms with Crippen LogP contribution in [0.25, 0.3) is 0 Å². The average Bonchev–Trinajstić information content (AvgIpc) is 3.90. The molecular formula is C41H42F2N6O4S4. The third-order valence-corrected chi connectivity index (χ3v) is 15.6. The van der Waals surface area contributed by atoms with Gasteiger partial charge in [-0.2, -0.15) is 8.61 Å². The number of hydrogen-bond acceptors (Lipinski definition) is 10. The number of sulfonamides is 2. The van der Waals surface area contributed by atoms with Gasteiger partial charge in [0.15, 0.2) is 10.3 Å². The van der Waals surface area contributed by atoms with Gasteiger partial charge in [-0.1, -0.05) is 54.6 Å². The fourth-order valence-electron chi connectivity index (χ4n) is 6.60. The third kappa shape index (κ3) is 9.94. The van der Waals surface area contributed by atoms with E-state index in [0.717, 1.165) is 34.5 Å². The van der Waals surface area contributed by atoms with Crippen LogP contribution in [0.3, 0.4) is 0 Å². The van der Waals surface area contributed by atoms with Gasteiger partial charge in [0, 0.05) is 76.0 Å². The van der Waals surface area contributed by atoms with Gasteiger partial charge in [0.05, 0.1) is 21.2 Å². The van der Waals surface area contributed by atoms with Crippen molar-refractivity contribution in [3.63, 3.8) is 0 Å². The monoisotopic (exact) mass is 848 g/mol. The summed E-state index contributed by atoms with van der Waals surface area (Å²) >= 11 is 3.18. The van der Waals surface area contributed by atoms with Crippen molar-refractivity contribution in [1.82, 2.24) is 18.6 Å². The van der Waals surface area contributed by atoms with Crippen molar-refractivity contribution in [2.45, 2.75) is 29.6 Å². The van der Waals surface area contributed by atoms with E-state index in [1.54, 1.807) is 22.7 Å². The molecule has 2 aromatic heterocycles. The smallest absolute Gasteiger partial charge is 0.243 e. The molecule has 298 valence electrons. The van der Waals surface area contributed by atoms with Gasteiger partial charge in [-0.05, 0) is 72.1 Å². The van der Waals surface area contributed by atoms with Gasteiger partial charge >= 0.3 is 0 Å². The molecule has 0 spiro atoms. The van der Waals surface area contributed by atoms with Crippen molar-refractivity contribution < 1.29 is 25.6 Å². The summed E-state index contributed by atoms with van der Waals surface area (Å²) in [7, 11) is -7.20. The van der Waals surface area contributed by atoms with E-state index < -0.39 is 31.7 Å². The Kier molecular flexibility index (Phi) is 12.8. The molecule has 8 rings (SSSR count). The number of halogens is 2. The highest BCUT2D eigenvalue weighted by atomic mass is 32.2. The van der Waals surface area contributed by atoms with Crippen molar-refractivity contribution in [1.29, 1.82) is 0 Å². The zero-order valence-corrected chi connectivity index (χ0v) is 34.5. The van der Waals surface area contributed by atoms with Gasteiger partial charge in [0.2, 0.25) is 20.0 Å². The van der Waals surface area contributed by atoms with Crippen LogP contribution in [0, 0.1) is 18.6 Å². The molecule has 16 heteroatoms. The highest BCUT2D eigenvalue weighted by molar-refractivity contribution is 7.89. The van der Waals surface area contributed by atoms with Crippen molar-refractivity contribution in [3.8, 4) is 0 Å². The molecule has 2 aliphatic heterocycles. The first-order valence-electron chi connectivity index (χ1n) is 18.4. The van der Waals surface area contributed by atoms with E-state index in [1.165, 1.54) is 73.8 Å². The zero-order valence-electron chi connectivity index (χ0n) is 31.2. The summed E-state index contributed by atoms with van der Waals surface area (Å²) in [5.74, 6) is -0.891. The fraction of sp³-hybridized carbons (Fsp3) is 0.268. The molecule has 0 unspecified atom stereocenters. The molecule has 6 aromatic rings. The second-order valence-corrected chi connectivity index (χ2v) is 19.2. The topological polar surface area (TPSA) is 107 Å². The first-order chi connectivity index (χ1) is 27.5. The van der Waals surface area contributed by atoms with Crippen LogP contribution >= 0.6 is 22.7 Å². The van der Waals surface area contributed by atoms with Crippen molar-refractivity contribution in [2.75, 3.05) is 62.2 Å². The summed E-state index contributed by atoms with van der Waals surface area (Å²) in [6, 6.07) is 28.4. The second kappa shape index (κ2) is 17.9. The maximum absolute atomic E-state index is 13.1. The molecule has 2 aliphatic rings. The largest absolute Gasteiger partial charge is 0.345 e. The summed E-state index contributed by atoms with van der Waals surface area (Å²) in [4.78, 5) is 14.0. The molecule has 4 heterocycles. The molecule has 0 saturated carbocycles. The molecule has 0 bridgehead atoms. The molecule has 0 radical (unpaired) electrons. The lowest BCUT2D eigenvalue weighted by atomic mass is 10.1. The number of aromatic nitrogens is 2. The standard InChI is InChI=1S/C21H22FN3O2S2.C20H20FN3O2S2/c1-16-4-2-3-5-17(16)14-19-15-28-21(23-19)24-10-12-25(13-11-24)29(26,27)20-8-6-18(22)7-9-20;21-17-6-8-19(9-7-17)28(25,26)24-12-10-23(11-13-24)20-22-18(15-27-20)14-16-4-2-1-3-5-16/h2-9,15H,10-14H2,1H3;1-9,15H,10-14H2. The van der Waals surface area contributed by atoms with Crippen molar-refractivity contribution in [2.24, 2.45) is 0 Å². The Bertz CT molecular complexity index is 2470. The normalized spacial score (nSPS) is 15.6. The van der Waals surface area contributed by atoms with Gasteiger partial charge in [-0.15, -0.1) is 22.7 Å². The van der Waals surface area contributed by atoms with E-state index in [1.807, 2.05) is 30.3 Å². The van der Waals surface area contributed by atoms with Crippen LogP contribution in [0.5, 0.6) is 0 Å². The number of rotatable bonds is 10. The van der Waals surface area contributed by atoms with Crippen LogP contribution in [-0.4, -0.2) is 87.8 Å². The molecule has 2 fully saturated rings. The molecule has 0 atom stereocenters. The van der Waals surface area contributed by atoms with E-state index in [4.69, 9.17) is 9.97 Å². The molecule has 10 nitrogen and oxygen atoms in total. The number of hydrogen-bond donors (Lipinski definition) is 0. The average molecular weight is 849 g/mol. The molecule has 0 aliphatic carbocycles. The lowest BCUT2D eigenvalue weighted by Crippen LogP contribution is -2.48. The van der Waals surface area contributed by atoms with Gasteiger partial charge in [0.25, 0.3) is 0 Å². The third-order valence-electron chi connectivity index (χ3n) is 9.86. The lowest BCUT2D eigenvalue weighted by Gasteiger charge is -2.33. The molecule has 0 N–H and O–H groups in total. The predicted molar refractivity (Wildman–Crippen MR) is 222 cm³/mol. The zero-order chi connectivity index (χ0) is 40.0. The summed E-state index contributed by atoms with van der Waals surface area (Å²) < 4.78 is 80.0. The van der Waals surface area contributed by atoms with E-state index in [2.05, 4.69) is 51.7 Å². The minimum absolute atomic E-state index is 0.127. The lowest BCUT2D eigenvalue weighted by molar-refractivity contribution is 0.384. The first-order valence-corrected chi connectivity index (χ1v) is 23.1. The van der Waals surface area contributed by atoms with E-state index in [-0.39, 0.29) is 9.79 Å². The van der Waals surface area contributed by atoms with Crippen molar-refractivity contribution in [3.05, 3.63) is 154 Å². The highest BCUT2D eigenvalue weighted by Crippen LogP contribution is 2.27. The summed E-state index contributed by atoms with van der Waals surface area (Å²) in [6.45, 7) is 5.95. The molecule has 2 saturated heterocycles. The van der Waals surface area contributed by atoms with Crippen LogP contribution < -0.4 is 9.80 Å². The highest BCUT2D eigenvalue weighted by Gasteiger charge is 2.31. The number of aryl methyl sites for hydroxylation is 1. The Morgan fingerprint density at radius 1 is 0.544 bits per heavy atom. The van der Waals surface area contributed by atoms with Gasteiger partial charge in [-0.25, -0.2) is 35.6 Å². The van der Waals surface area contributed by atoms with Crippen LogP contribution in [0.1, 0.15) is 28.1 Å². The number of piperazine rings is 2. The molecule has 0 amide bonds. The Morgan fingerprint density at radius 2 is 0.965 bits per heavy atom. The summed E-state index contributed by atoms with van der Waals surface area (Å²) in [6.07, 6.45) is 1.58. The Balaban J connectivity index is 0.000000174. The maximum Gasteiger partial charge on any atom is 0.243 e. The van der Waals surface area contributed by atoms with Crippen LogP contribution in [0.15, 0.2) is 124 Å². The minimum Gasteiger partial charge on any atom is -0.345 e. The molecular weight excluding hydrogens is 807 g/mol. The van der Waals surface area contributed by atoms with E-state index >= 15 is 0 Å². The SMILES string of the molecule is Cc1ccccc1Cc1csc(N2CCN(S(=O)(=O)c3ccc(F)cc3)CC2)n1.O=S(=O)(c1ccc(F)cc1)N1CCN(c2nc(Cc3ccccc3)cs2)CC1. The van der Waals surface area contributed by atoms with Gasteiger partial charge in [0.1, 0.15) is 11.6 Å². The van der Waals surface area contributed by atoms with Crippen LogP contribution in [0.4, 0.5) is 19.0 Å². The Hall–Kier alpha value is -4.58. The summed E-state index contributed by atoms with van der Waals surface area (Å²) in [5.41, 5.74) is 5.78. The van der Waals surface area contributed by atoms with Crippen molar-refractivity contribution >= 4 is 53.0 Å². The van der Waals surface area contributed by atoms with Crippen LogP contribution in [0.2, 0.25) is 0 Å². The predicted octanol–water partition coefficient (Wildman–Crippen LogP) is 7.08. The van der Waals surface area contributed by atoms with Gasteiger partial charge < -0.3 is 9.80 Å². The first kappa shape index (κ1) is 40.6. The quantitative estimate of drug-likeness (QED) is 0.144. The number of thiazole rings is 2. The summed E-state index contributed by atoms with van der Waals surface area (Å²) in [5, 5.41) is 5.98. The van der Waals surface area contributed by atoms with E-state index in [0.29, 0.717) is 52.4 Å². The number of benzene rings is 4. The number of anilines is 2. The second-order valence-electron chi connectivity index (χ2n) is 13.7. The minimum atomic E-state index is -3.60. The molecule has 57 heavy (non-hydrogen) atoms. The Morgan fingerprint density at radius 3 is 1.42 bits per heavy atom. The fourth-order valence-corrected chi connectivity index (χ4v) is 11.2. The van der Waals surface area contributed by atoms with Crippen LogP contribution in [-0.2, 0) is 32.9 Å². The van der Waals surface area contributed by atoms with E-state index in [9.17, 15) is 25.6 Å².